The van der Waals surface area contributed by atoms with E-state index in [0.717, 1.165) is 37.4 Å². The van der Waals surface area contributed by atoms with E-state index < -0.39 is 0 Å². The Balaban J connectivity index is 1.48. The summed E-state index contributed by atoms with van der Waals surface area (Å²) in [6, 6.07) is 11.1. The summed E-state index contributed by atoms with van der Waals surface area (Å²) in [5.74, 6) is 1.61. The maximum Gasteiger partial charge on any atom is 0.251 e. The van der Waals surface area contributed by atoms with Crippen molar-refractivity contribution in [2.45, 2.75) is 18.9 Å². The Hall–Kier alpha value is -3.09. The van der Waals surface area contributed by atoms with Crippen LogP contribution in [0, 0.1) is 0 Å². The average molecular weight is 351 g/mol. The monoisotopic (exact) mass is 351 g/mol. The molecule has 0 radical (unpaired) electrons. The second-order valence-corrected chi connectivity index (χ2v) is 6.39. The van der Waals surface area contributed by atoms with Gasteiger partial charge in [-0.1, -0.05) is 6.07 Å². The number of benzene rings is 1. The van der Waals surface area contributed by atoms with Crippen molar-refractivity contribution in [3.63, 3.8) is 0 Å². The molecule has 3 heterocycles. The number of rotatable bonds is 4. The molecule has 0 spiro atoms. The fraction of sp³-hybridized carbons (Fsp3) is 0.316. The van der Waals surface area contributed by atoms with Crippen LogP contribution in [-0.4, -0.2) is 46.7 Å². The Labute approximate surface area is 151 Å². The quantitative estimate of drug-likeness (QED) is 0.780. The summed E-state index contributed by atoms with van der Waals surface area (Å²) in [6.07, 6.45) is 5.51. The minimum absolute atomic E-state index is 0.0743. The third kappa shape index (κ3) is 3.20. The summed E-state index contributed by atoms with van der Waals surface area (Å²) < 4.78 is 7.04. The summed E-state index contributed by atoms with van der Waals surface area (Å²) in [7, 11) is 1.60. The lowest BCUT2D eigenvalue weighted by Crippen LogP contribution is -2.48. The van der Waals surface area contributed by atoms with Gasteiger partial charge < -0.3 is 15.0 Å². The van der Waals surface area contributed by atoms with Crippen LogP contribution < -0.4 is 15.0 Å². The highest BCUT2D eigenvalue weighted by molar-refractivity contribution is 5.94. The first-order valence-corrected chi connectivity index (χ1v) is 8.73. The van der Waals surface area contributed by atoms with E-state index >= 15 is 0 Å². The van der Waals surface area contributed by atoms with Gasteiger partial charge in [-0.15, -0.1) is 0 Å². The number of ether oxygens (including phenoxy) is 1. The molecule has 1 atom stereocenters. The molecule has 2 aromatic heterocycles. The number of anilines is 1. The van der Waals surface area contributed by atoms with Crippen LogP contribution in [0.15, 0.2) is 48.8 Å². The van der Waals surface area contributed by atoms with Crippen LogP contribution in [0.2, 0.25) is 0 Å². The van der Waals surface area contributed by atoms with E-state index in [9.17, 15) is 4.79 Å². The summed E-state index contributed by atoms with van der Waals surface area (Å²) in [4.78, 5) is 19.1. The molecule has 1 aliphatic rings. The number of hydrogen-bond donors (Lipinski definition) is 1. The fourth-order valence-electron chi connectivity index (χ4n) is 3.40. The zero-order chi connectivity index (χ0) is 17.9. The van der Waals surface area contributed by atoms with Gasteiger partial charge >= 0.3 is 0 Å². The molecule has 134 valence electrons. The average Bonchev–Trinajstić information content (AvgIpc) is 3.17. The van der Waals surface area contributed by atoms with Gasteiger partial charge in [0, 0.05) is 37.0 Å². The molecule has 1 unspecified atom stereocenters. The van der Waals surface area contributed by atoms with Crippen molar-refractivity contribution < 1.29 is 9.53 Å². The predicted octanol–water partition coefficient (Wildman–Crippen LogP) is 2.14. The highest BCUT2D eigenvalue weighted by atomic mass is 16.5. The standard InChI is InChI=1S/C19H21N5O2/c1-26-16-6-2-4-14(12-16)19(25)22-15-5-3-11-23(13-15)18-8-9-20-17-7-10-21-24(17)18/h2,4,6-10,12,15H,3,5,11,13H2,1H3,(H,22,25). The number of carbonyl (C=O) groups excluding carboxylic acids is 1. The third-order valence-electron chi connectivity index (χ3n) is 4.68. The van der Waals surface area contributed by atoms with Gasteiger partial charge in [0.25, 0.3) is 5.91 Å². The Morgan fingerprint density at radius 1 is 1.27 bits per heavy atom. The zero-order valence-electron chi connectivity index (χ0n) is 14.6. The summed E-state index contributed by atoms with van der Waals surface area (Å²) in [5, 5.41) is 7.50. The molecule has 7 nitrogen and oxygen atoms in total. The number of nitrogens with one attached hydrogen (secondary N) is 1. The normalized spacial score (nSPS) is 17.3. The van der Waals surface area contributed by atoms with Gasteiger partial charge in [-0.05, 0) is 37.1 Å². The number of hydrogen-bond acceptors (Lipinski definition) is 5. The first kappa shape index (κ1) is 16.4. The molecule has 3 aromatic rings. The Kier molecular flexibility index (Phi) is 4.43. The van der Waals surface area contributed by atoms with Crippen LogP contribution in [0.3, 0.4) is 0 Å². The molecular weight excluding hydrogens is 330 g/mol. The van der Waals surface area contributed by atoms with Crippen LogP contribution >= 0.6 is 0 Å². The van der Waals surface area contributed by atoms with Gasteiger partial charge in [0.2, 0.25) is 0 Å². The Morgan fingerprint density at radius 2 is 2.19 bits per heavy atom. The minimum atomic E-state index is -0.0743. The summed E-state index contributed by atoms with van der Waals surface area (Å²) in [6.45, 7) is 1.68. The SMILES string of the molecule is COc1cccc(C(=O)NC2CCCN(c3ccnc4ccnn34)C2)c1. The number of carbonyl (C=O) groups is 1. The first-order chi connectivity index (χ1) is 12.7. The van der Waals surface area contributed by atoms with E-state index in [1.54, 1.807) is 31.6 Å². The van der Waals surface area contributed by atoms with Crippen molar-refractivity contribution in [2.24, 2.45) is 0 Å². The van der Waals surface area contributed by atoms with Gasteiger partial charge in [-0.3, -0.25) is 4.79 Å². The highest BCUT2D eigenvalue weighted by Gasteiger charge is 2.23. The fourth-order valence-corrected chi connectivity index (χ4v) is 3.40. The second-order valence-electron chi connectivity index (χ2n) is 6.39. The lowest BCUT2D eigenvalue weighted by atomic mass is 10.0. The maximum atomic E-state index is 12.6. The van der Waals surface area contributed by atoms with E-state index in [2.05, 4.69) is 20.3 Å². The molecule has 7 heteroatoms. The van der Waals surface area contributed by atoms with Crippen molar-refractivity contribution in [1.29, 1.82) is 0 Å². The van der Waals surface area contributed by atoms with E-state index in [4.69, 9.17) is 4.74 Å². The first-order valence-electron chi connectivity index (χ1n) is 8.73. The number of amides is 1. The molecular formula is C19H21N5O2. The summed E-state index contributed by atoms with van der Waals surface area (Å²) in [5.41, 5.74) is 1.44. The van der Waals surface area contributed by atoms with Crippen LogP contribution in [0.5, 0.6) is 5.75 Å². The van der Waals surface area contributed by atoms with Gasteiger partial charge in [0.15, 0.2) is 5.65 Å². The van der Waals surface area contributed by atoms with E-state index in [0.29, 0.717) is 11.3 Å². The maximum absolute atomic E-state index is 12.6. The molecule has 1 fully saturated rings. The molecule has 1 N–H and O–H groups in total. The van der Waals surface area contributed by atoms with E-state index in [-0.39, 0.29) is 11.9 Å². The third-order valence-corrected chi connectivity index (χ3v) is 4.68. The molecule has 1 saturated heterocycles. The number of piperidine rings is 1. The van der Waals surface area contributed by atoms with Crippen molar-refractivity contribution in [3.05, 3.63) is 54.4 Å². The van der Waals surface area contributed by atoms with Gasteiger partial charge in [0.05, 0.1) is 13.3 Å². The van der Waals surface area contributed by atoms with Crippen LogP contribution in [0.25, 0.3) is 5.65 Å². The lowest BCUT2D eigenvalue weighted by Gasteiger charge is -2.34. The second kappa shape index (κ2) is 7.03. The van der Waals surface area contributed by atoms with Crippen molar-refractivity contribution >= 4 is 17.4 Å². The number of aromatic nitrogens is 3. The molecule has 1 aliphatic heterocycles. The topological polar surface area (TPSA) is 71.8 Å². The largest absolute Gasteiger partial charge is 0.497 e. The molecule has 0 bridgehead atoms. The molecule has 26 heavy (non-hydrogen) atoms. The van der Waals surface area contributed by atoms with E-state index in [1.165, 1.54) is 0 Å². The molecule has 1 aromatic carbocycles. The van der Waals surface area contributed by atoms with Gasteiger partial charge in [-0.25, -0.2) is 4.98 Å². The van der Waals surface area contributed by atoms with Crippen molar-refractivity contribution in [2.75, 3.05) is 25.1 Å². The smallest absolute Gasteiger partial charge is 0.251 e. The Morgan fingerprint density at radius 3 is 3.08 bits per heavy atom. The lowest BCUT2D eigenvalue weighted by molar-refractivity contribution is 0.0932. The van der Waals surface area contributed by atoms with Gasteiger partial charge in [0.1, 0.15) is 11.6 Å². The molecule has 4 rings (SSSR count). The highest BCUT2D eigenvalue weighted by Crippen LogP contribution is 2.20. The van der Waals surface area contributed by atoms with Gasteiger partial charge in [-0.2, -0.15) is 9.61 Å². The molecule has 1 amide bonds. The summed E-state index contributed by atoms with van der Waals surface area (Å²) >= 11 is 0. The zero-order valence-corrected chi connectivity index (χ0v) is 14.6. The van der Waals surface area contributed by atoms with Crippen molar-refractivity contribution in [3.8, 4) is 5.75 Å². The minimum Gasteiger partial charge on any atom is -0.497 e. The number of nitrogens with zero attached hydrogens (tertiary/aromatic N) is 4. The molecule has 0 saturated carbocycles. The number of methoxy groups -OCH3 is 1. The van der Waals surface area contributed by atoms with Crippen molar-refractivity contribution in [1.82, 2.24) is 19.9 Å². The molecule has 0 aliphatic carbocycles. The Bertz CT molecular complexity index is 923. The van der Waals surface area contributed by atoms with Crippen LogP contribution in [0.1, 0.15) is 23.2 Å². The van der Waals surface area contributed by atoms with Crippen LogP contribution in [0.4, 0.5) is 5.82 Å². The van der Waals surface area contributed by atoms with Crippen LogP contribution in [-0.2, 0) is 0 Å². The van der Waals surface area contributed by atoms with E-state index in [1.807, 2.05) is 28.8 Å². The predicted molar refractivity (Wildman–Crippen MR) is 98.7 cm³/mol. The number of fused-ring (bicyclic) bond motifs is 1.